The fraction of sp³-hybridized carbons (Fsp3) is 0.652. The number of ketones is 1. The Labute approximate surface area is 189 Å². The molecule has 1 spiro atoms. The van der Waals surface area contributed by atoms with Gasteiger partial charge >= 0.3 is 0 Å². The van der Waals surface area contributed by atoms with E-state index >= 15 is 0 Å². The van der Waals surface area contributed by atoms with Gasteiger partial charge in [-0.05, 0) is 59.0 Å². The number of nitrogens with one attached hydrogen (secondary N) is 1. The minimum absolute atomic E-state index is 0.0725. The number of hydrogen-bond acceptors (Lipinski definition) is 7. The maximum atomic E-state index is 12.8. The first kappa shape index (κ1) is 22.2. The van der Waals surface area contributed by atoms with Gasteiger partial charge in [-0.3, -0.25) is 10.2 Å². The summed E-state index contributed by atoms with van der Waals surface area (Å²) in [5, 5.41) is 20.3. The van der Waals surface area contributed by atoms with Crippen molar-refractivity contribution >= 4 is 28.9 Å². The van der Waals surface area contributed by atoms with Crippen molar-refractivity contribution in [2.24, 2.45) is 5.41 Å². The Hall–Kier alpha value is -1.99. The van der Waals surface area contributed by atoms with E-state index in [1.165, 1.54) is 0 Å². The molecule has 168 valence electrons. The molecule has 0 bridgehead atoms. The largest absolute Gasteiger partial charge is 0.511 e. The van der Waals surface area contributed by atoms with E-state index in [0.29, 0.717) is 37.1 Å². The Bertz CT molecular complexity index is 917. The second kappa shape index (κ2) is 8.87. The predicted molar refractivity (Wildman–Crippen MR) is 122 cm³/mol. The topological polar surface area (TPSA) is 93.4 Å². The molecule has 7 nitrogen and oxygen atoms in total. The predicted octanol–water partition coefficient (Wildman–Crippen LogP) is 4.15. The minimum atomic E-state index is -0.816. The van der Waals surface area contributed by atoms with Gasteiger partial charge < -0.3 is 14.9 Å². The van der Waals surface area contributed by atoms with Crippen LogP contribution in [0.5, 0.6) is 0 Å². The highest BCUT2D eigenvalue weighted by Gasteiger charge is 2.47. The Morgan fingerprint density at radius 2 is 1.97 bits per heavy atom. The number of anilines is 1. The van der Waals surface area contributed by atoms with Crippen LogP contribution in [-0.4, -0.2) is 64.2 Å². The number of aromatic nitrogens is 2. The molecule has 0 unspecified atom stereocenters. The first-order valence-electron chi connectivity index (χ1n) is 11.4. The molecule has 1 aliphatic heterocycles. The summed E-state index contributed by atoms with van der Waals surface area (Å²) in [6.07, 6.45) is 5.98. The number of Topliss-reactive ketones (excluding diaryl/α,β-unsaturated/α-hetero) is 1. The van der Waals surface area contributed by atoms with Crippen molar-refractivity contribution in [3.05, 3.63) is 28.4 Å². The van der Waals surface area contributed by atoms with Gasteiger partial charge in [0.15, 0.2) is 5.82 Å². The van der Waals surface area contributed by atoms with Gasteiger partial charge in [0.05, 0.1) is 5.41 Å². The average molecular weight is 446 g/mol. The van der Waals surface area contributed by atoms with Crippen LogP contribution in [0.2, 0.25) is 5.15 Å². The fourth-order valence-electron chi connectivity index (χ4n) is 5.45. The van der Waals surface area contributed by atoms with Crippen molar-refractivity contribution in [3.8, 4) is 0 Å². The molecule has 2 N–H and O–H groups in total. The van der Waals surface area contributed by atoms with Gasteiger partial charge in [-0.25, -0.2) is 9.97 Å². The van der Waals surface area contributed by atoms with Gasteiger partial charge in [-0.2, -0.15) is 0 Å². The number of nitrogens with zero attached hydrogens (tertiary/aromatic N) is 4. The molecule has 1 saturated heterocycles. The van der Waals surface area contributed by atoms with Crippen LogP contribution in [0.25, 0.3) is 0 Å². The Morgan fingerprint density at radius 1 is 1.19 bits per heavy atom. The van der Waals surface area contributed by atoms with E-state index in [1.54, 1.807) is 6.07 Å². The van der Waals surface area contributed by atoms with Crippen LogP contribution in [0.15, 0.2) is 17.4 Å². The summed E-state index contributed by atoms with van der Waals surface area (Å²) >= 11 is 6.35. The number of rotatable bonds is 3. The first-order valence-corrected chi connectivity index (χ1v) is 11.7. The molecule has 31 heavy (non-hydrogen) atoms. The maximum Gasteiger partial charge on any atom is 0.181 e. The van der Waals surface area contributed by atoms with E-state index in [0.717, 1.165) is 45.3 Å². The van der Waals surface area contributed by atoms with Crippen LogP contribution in [0, 0.1) is 10.8 Å². The van der Waals surface area contributed by atoms with Crippen molar-refractivity contribution in [3.63, 3.8) is 0 Å². The molecule has 3 aliphatic rings. The molecule has 4 rings (SSSR count). The second-order valence-electron chi connectivity index (χ2n) is 9.30. The van der Waals surface area contributed by atoms with E-state index in [1.807, 2.05) is 0 Å². The molecule has 2 fully saturated rings. The summed E-state index contributed by atoms with van der Waals surface area (Å²) < 4.78 is 0. The molecule has 8 heteroatoms. The maximum absolute atomic E-state index is 12.8. The highest BCUT2D eigenvalue weighted by Crippen LogP contribution is 2.48. The van der Waals surface area contributed by atoms with E-state index in [4.69, 9.17) is 22.0 Å². The number of carbonyl (C=O) groups excluding carboxylic acids is 1. The summed E-state index contributed by atoms with van der Waals surface area (Å²) in [6.45, 7) is 4.97. The smallest absolute Gasteiger partial charge is 0.181 e. The van der Waals surface area contributed by atoms with Gasteiger partial charge in [0.25, 0.3) is 0 Å². The summed E-state index contributed by atoms with van der Waals surface area (Å²) in [4.78, 5) is 26.3. The Kier molecular flexibility index (Phi) is 6.35. The zero-order valence-corrected chi connectivity index (χ0v) is 19.2. The summed E-state index contributed by atoms with van der Waals surface area (Å²) in [6, 6.07) is 2.01. The number of hydrogen-bond donors (Lipinski definition) is 2. The van der Waals surface area contributed by atoms with Crippen LogP contribution in [0.1, 0.15) is 64.1 Å². The Balaban J connectivity index is 1.68. The van der Waals surface area contributed by atoms with Gasteiger partial charge in [0.1, 0.15) is 28.2 Å². The van der Waals surface area contributed by atoms with Crippen LogP contribution < -0.4 is 4.90 Å². The van der Waals surface area contributed by atoms with Gasteiger partial charge in [-0.1, -0.05) is 18.0 Å². The number of aliphatic hydroxyl groups is 1. The molecule has 2 atom stereocenters. The number of likely N-dealkylation sites (N-methyl/N-ethyl adjacent to an activating group) is 1. The van der Waals surface area contributed by atoms with Crippen molar-refractivity contribution in [1.29, 1.82) is 5.41 Å². The lowest BCUT2D eigenvalue weighted by Crippen LogP contribution is -2.40. The lowest BCUT2D eigenvalue weighted by molar-refractivity contribution is -0.131. The van der Waals surface area contributed by atoms with Crippen molar-refractivity contribution in [2.45, 2.75) is 64.3 Å². The minimum Gasteiger partial charge on any atom is -0.511 e. The van der Waals surface area contributed by atoms with E-state index in [2.05, 4.69) is 28.8 Å². The lowest BCUT2D eigenvalue weighted by atomic mass is 9.64. The third kappa shape index (κ3) is 4.22. The SMILES string of the molecule is C[C@H]1CN(C)CCCN1c1cc(Cl)nc(C(=N)C2=C(O)[C@]3(CCCCC3=O)CCC2)n1. The number of carbonyl (C=O) groups is 1. The highest BCUT2D eigenvalue weighted by atomic mass is 35.5. The van der Waals surface area contributed by atoms with Gasteiger partial charge in [-0.15, -0.1) is 0 Å². The first-order chi connectivity index (χ1) is 14.8. The summed E-state index contributed by atoms with van der Waals surface area (Å²) in [7, 11) is 2.12. The third-order valence-electron chi connectivity index (χ3n) is 7.11. The lowest BCUT2D eigenvalue weighted by Gasteiger charge is -2.39. The van der Waals surface area contributed by atoms with Crippen LogP contribution >= 0.6 is 11.6 Å². The van der Waals surface area contributed by atoms with Gasteiger partial charge in [0, 0.05) is 37.2 Å². The molecule has 1 aromatic rings. The zero-order chi connectivity index (χ0) is 22.2. The molecule has 2 aliphatic carbocycles. The van der Waals surface area contributed by atoms with Crippen LogP contribution in [0.3, 0.4) is 0 Å². The fourth-order valence-corrected chi connectivity index (χ4v) is 5.63. The number of aliphatic hydroxyl groups excluding tert-OH is 1. The molecule has 2 heterocycles. The molecule has 1 aromatic heterocycles. The second-order valence-corrected chi connectivity index (χ2v) is 9.69. The van der Waals surface area contributed by atoms with Gasteiger partial charge in [0.2, 0.25) is 0 Å². The molecule has 0 radical (unpaired) electrons. The molecular formula is C23H32ClN5O2. The van der Waals surface area contributed by atoms with E-state index in [-0.39, 0.29) is 34.3 Å². The normalized spacial score (nSPS) is 28.2. The highest BCUT2D eigenvalue weighted by molar-refractivity contribution is 6.30. The van der Waals surface area contributed by atoms with E-state index in [9.17, 15) is 9.90 Å². The van der Waals surface area contributed by atoms with Crippen LogP contribution in [-0.2, 0) is 4.79 Å². The Morgan fingerprint density at radius 3 is 2.74 bits per heavy atom. The number of allylic oxidation sites excluding steroid dienone is 2. The van der Waals surface area contributed by atoms with Crippen molar-refractivity contribution in [1.82, 2.24) is 14.9 Å². The summed E-state index contributed by atoms with van der Waals surface area (Å²) in [5.74, 6) is 1.11. The molecule has 0 aromatic carbocycles. The zero-order valence-electron chi connectivity index (χ0n) is 18.5. The molecular weight excluding hydrogens is 414 g/mol. The average Bonchev–Trinajstić information content (AvgIpc) is 2.90. The third-order valence-corrected chi connectivity index (χ3v) is 7.30. The van der Waals surface area contributed by atoms with Crippen molar-refractivity contribution in [2.75, 3.05) is 31.6 Å². The monoisotopic (exact) mass is 445 g/mol. The quantitative estimate of drug-likeness (QED) is 0.536. The van der Waals surface area contributed by atoms with Crippen LogP contribution in [0.4, 0.5) is 5.82 Å². The molecule has 0 amide bonds. The standard InChI is InChI=1S/C23H32ClN5O2/c1-15-14-28(2)11-6-12-29(15)19-13-18(24)26-22(27-19)20(25)16-7-5-10-23(21(16)31)9-4-3-8-17(23)30/h13,15,25,31H,3-12,14H2,1-2H3/t15-,23+/m0/s1. The number of halogens is 1. The van der Waals surface area contributed by atoms with E-state index < -0.39 is 5.41 Å². The molecule has 1 saturated carbocycles. The van der Waals surface area contributed by atoms with Crippen molar-refractivity contribution < 1.29 is 9.90 Å². The summed E-state index contributed by atoms with van der Waals surface area (Å²) in [5.41, 5.74) is -0.236.